The third kappa shape index (κ3) is 3.50. The fourth-order valence-electron chi connectivity index (χ4n) is 3.23. The van der Waals surface area contributed by atoms with Gasteiger partial charge in [-0.2, -0.15) is 0 Å². The number of carboxylic acid groups (broad SMARTS) is 1. The molecule has 21 heavy (non-hydrogen) atoms. The molecule has 1 saturated heterocycles. The number of urea groups is 1. The van der Waals surface area contributed by atoms with Crippen molar-refractivity contribution in [2.24, 2.45) is 17.3 Å². The van der Waals surface area contributed by atoms with Crippen LogP contribution in [0.3, 0.4) is 0 Å². The first-order valence-electron chi connectivity index (χ1n) is 8.25. The maximum absolute atomic E-state index is 12.8. The Bertz CT molecular complexity index is 417. The smallest absolute Gasteiger partial charge is 0.320 e. The lowest BCUT2D eigenvalue weighted by molar-refractivity contribution is -0.150. The summed E-state index contributed by atoms with van der Waals surface area (Å²) in [6.45, 7) is 4.56. The van der Waals surface area contributed by atoms with Gasteiger partial charge < -0.3 is 14.9 Å². The predicted octanol–water partition coefficient (Wildman–Crippen LogP) is 2.42. The number of nitrogens with zero attached hydrogens (tertiary/aromatic N) is 2. The molecule has 1 aliphatic heterocycles. The van der Waals surface area contributed by atoms with E-state index in [0.29, 0.717) is 31.3 Å². The number of aliphatic carboxylic acids is 1. The van der Waals surface area contributed by atoms with Gasteiger partial charge in [0.2, 0.25) is 0 Å². The summed E-state index contributed by atoms with van der Waals surface area (Å²) in [7, 11) is 0. The van der Waals surface area contributed by atoms with E-state index in [1.165, 1.54) is 25.7 Å². The number of carbonyl (C=O) groups excluding carboxylic acids is 1. The highest BCUT2D eigenvalue weighted by molar-refractivity contribution is 5.78. The van der Waals surface area contributed by atoms with E-state index >= 15 is 0 Å². The van der Waals surface area contributed by atoms with Crippen molar-refractivity contribution in [2.45, 2.75) is 45.4 Å². The van der Waals surface area contributed by atoms with Gasteiger partial charge in [-0.05, 0) is 57.3 Å². The minimum atomic E-state index is -0.782. The van der Waals surface area contributed by atoms with Crippen LogP contribution in [0.5, 0.6) is 0 Å². The summed E-state index contributed by atoms with van der Waals surface area (Å²) in [5.41, 5.74) is -0.779. The van der Waals surface area contributed by atoms with Crippen LogP contribution in [0.4, 0.5) is 4.79 Å². The standard InChI is InChI=1S/C16H26N2O3/c1-16(14(19)20)7-2-8-17(11-16)15(21)18(9-12-3-4-12)10-13-5-6-13/h12-13H,2-11H2,1H3,(H,19,20). The van der Waals surface area contributed by atoms with Gasteiger partial charge in [0.25, 0.3) is 0 Å². The Labute approximate surface area is 126 Å². The predicted molar refractivity (Wildman–Crippen MR) is 79.0 cm³/mol. The highest BCUT2D eigenvalue weighted by atomic mass is 16.4. The molecule has 0 aromatic rings. The molecule has 3 aliphatic rings. The molecule has 0 spiro atoms. The Morgan fingerprint density at radius 1 is 1.19 bits per heavy atom. The summed E-state index contributed by atoms with van der Waals surface area (Å²) in [6.07, 6.45) is 6.40. The van der Waals surface area contributed by atoms with Gasteiger partial charge in [0, 0.05) is 26.2 Å². The average Bonchev–Trinajstić information content (AvgIpc) is 3.32. The maximum Gasteiger partial charge on any atom is 0.320 e. The molecule has 0 bridgehead atoms. The van der Waals surface area contributed by atoms with Crippen LogP contribution in [0.25, 0.3) is 0 Å². The van der Waals surface area contributed by atoms with E-state index in [1.807, 2.05) is 4.90 Å². The Balaban J connectivity index is 1.64. The molecule has 5 nitrogen and oxygen atoms in total. The van der Waals surface area contributed by atoms with Crippen molar-refractivity contribution in [3.63, 3.8) is 0 Å². The zero-order valence-corrected chi connectivity index (χ0v) is 12.9. The SMILES string of the molecule is CC1(C(=O)O)CCCN(C(=O)N(CC2CC2)CC2CC2)C1. The molecule has 5 heteroatoms. The summed E-state index contributed by atoms with van der Waals surface area (Å²) >= 11 is 0. The summed E-state index contributed by atoms with van der Waals surface area (Å²) in [5.74, 6) is 0.586. The average molecular weight is 294 g/mol. The molecule has 2 saturated carbocycles. The monoisotopic (exact) mass is 294 g/mol. The third-order valence-corrected chi connectivity index (χ3v) is 5.10. The van der Waals surface area contributed by atoms with E-state index in [9.17, 15) is 14.7 Å². The number of carboxylic acids is 1. The molecule has 1 atom stereocenters. The van der Waals surface area contributed by atoms with Gasteiger partial charge >= 0.3 is 12.0 Å². The summed E-state index contributed by atoms with van der Waals surface area (Å²) < 4.78 is 0. The van der Waals surface area contributed by atoms with Crippen LogP contribution in [0.2, 0.25) is 0 Å². The fraction of sp³-hybridized carbons (Fsp3) is 0.875. The second-order valence-corrected chi connectivity index (χ2v) is 7.47. The lowest BCUT2D eigenvalue weighted by Crippen LogP contribution is -2.53. The van der Waals surface area contributed by atoms with Gasteiger partial charge in [0.15, 0.2) is 0 Å². The van der Waals surface area contributed by atoms with Gasteiger partial charge in [-0.25, -0.2) is 4.79 Å². The van der Waals surface area contributed by atoms with Crippen molar-refractivity contribution in [2.75, 3.05) is 26.2 Å². The molecule has 1 heterocycles. The molecule has 1 unspecified atom stereocenters. The number of likely N-dealkylation sites (tertiary alicyclic amines) is 1. The number of piperidine rings is 1. The van der Waals surface area contributed by atoms with Crippen molar-refractivity contribution in [3.05, 3.63) is 0 Å². The first-order chi connectivity index (χ1) is 9.98. The second kappa shape index (κ2) is 5.50. The first kappa shape index (κ1) is 14.7. The van der Waals surface area contributed by atoms with E-state index < -0.39 is 11.4 Å². The molecule has 2 amide bonds. The van der Waals surface area contributed by atoms with Crippen LogP contribution in [0.15, 0.2) is 0 Å². The first-order valence-corrected chi connectivity index (χ1v) is 8.25. The van der Waals surface area contributed by atoms with E-state index in [1.54, 1.807) is 11.8 Å². The largest absolute Gasteiger partial charge is 0.481 e. The lowest BCUT2D eigenvalue weighted by atomic mass is 9.82. The van der Waals surface area contributed by atoms with Crippen LogP contribution in [0.1, 0.15) is 45.4 Å². The van der Waals surface area contributed by atoms with Crippen molar-refractivity contribution < 1.29 is 14.7 Å². The summed E-state index contributed by atoms with van der Waals surface area (Å²) in [5, 5.41) is 9.39. The van der Waals surface area contributed by atoms with Gasteiger partial charge in [-0.15, -0.1) is 0 Å². The quantitative estimate of drug-likeness (QED) is 0.847. The van der Waals surface area contributed by atoms with Crippen LogP contribution >= 0.6 is 0 Å². The molecule has 0 aromatic carbocycles. The topological polar surface area (TPSA) is 60.9 Å². The Hall–Kier alpha value is -1.26. The Morgan fingerprint density at radius 2 is 1.76 bits per heavy atom. The van der Waals surface area contributed by atoms with Crippen molar-refractivity contribution >= 4 is 12.0 Å². The molecule has 3 fully saturated rings. The van der Waals surface area contributed by atoms with Gasteiger partial charge in [-0.3, -0.25) is 4.79 Å². The number of amides is 2. The van der Waals surface area contributed by atoms with Crippen LogP contribution in [-0.4, -0.2) is 53.1 Å². The van der Waals surface area contributed by atoms with E-state index in [-0.39, 0.29) is 6.03 Å². The minimum absolute atomic E-state index is 0.0703. The molecule has 118 valence electrons. The van der Waals surface area contributed by atoms with E-state index in [2.05, 4.69) is 0 Å². The molecule has 0 aromatic heterocycles. The van der Waals surface area contributed by atoms with E-state index in [4.69, 9.17) is 0 Å². The molecule has 1 N–H and O–H groups in total. The molecule has 3 rings (SSSR count). The fourth-order valence-corrected chi connectivity index (χ4v) is 3.23. The Kier molecular flexibility index (Phi) is 3.84. The van der Waals surface area contributed by atoms with Crippen LogP contribution < -0.4 is 0 Å². The lowest BCUT2D eigenvalue weighted by Gasteiger charge is -2.40. The van der Waals surface area contributed by atoms with Crippen molar-refractivity contribution in [1.29, 1.82) is 0 Å². The zero-order valence-electron chi connectivity index (χ0n) is 12.9. The minimum Gasteiger partial charge on any atom is -0.481 e. The third-order valence-electron chi connectivity index (χ3n) is 5.10. The zero-order chi connectivity index (χ0) is 15.0. The summed E-state index contributed by atoms with van der Waals surface area (Å²) in [6, 6.07) is 0.0703. The molecule has 2 aliphatic carbocycles. The van der Waals surface area contributed by atoms with Crippen LogP contribution in [-0.2, 0) is 4.79 Å². The number of carbonyl (C=O) groups is 2. The van der Waals surface area contributed by atoms with Crippen molar-refractivity contribution in [3.8, 4) is 0 Å². The number of rotatable bonds is 5. The van der Waals surface area contributed by atoms with Gasteiger partial charge in [0.1, 0.15) is 0 Å². The molecular formula is C16H26N2O3. The van der Waals surface area contributed by atoms with Gasteiger partial charge in [-0.1, -0.05) is 0 Å². The highest BCUT2D eigenvalue weighted by Crippen LogP contribution is 2.35. The number of hydrogen-bond acceptors (Lipinski definition) is 2. The molecule has 0 radical (unpaired) electrons. The van der Waals surface area contributed by atoms with Crippen LogP contribution in [0, 0.1) is 17.3 Å². The second-order valence-electron chi connectivity index (χ2n) is 7.47. The molecular weight excluding hydrogens is 268 g/mol. The number of hydrogen-bond donors (Lipinski definition) is 1. The Morgan fingerprint density at radius 3 is 2.24 bits per heavy atom. The highest BCUT2D eigenvalue weighted by Gasteiger charge is 2.41. The van der Waals surface area contributed by atoms with Gasteiger partial charge in [0.05, 0.1) is 5.41 Å². The normalized spacial score (nSPS) is 29.3. The maximum atomic E-state index is 12.8. The summed E-state index contributed by atoms with van der Waals surface area (Å²) in [4.78, 5) is 28.0. The van der Waals surface area contributed by atoms with E-state index in [0.717, 1.165) is 19.5 Å². The van der Waals surface area contributed by atoms with Crippen molar-refractivity contribution in [1.82, 2.24) is 9.80 Å².